The van der Waals surface area contributed by atoms with Crippen molar-refractivity contribution in [1.82, 2.24) is 4.90 Å². The summed E-state index contributed by atoms with van der Waals surface area (Å²) in [7, 11) is 1.58. The fraction of sp³-hybridized carbons (Fsp3) is 0.333. The largest absolute Gasteiger partial charge is 0.497 e. The van der Waals surface area contributed by atoms with Crippen molar-refractivity contribution < 1.29 is 19.2 Å². The number of benzene rings is 2. The van der Waals surface area contributed by atoms with Crippen LogP contribution in [0.25, 0.3) is 0 Å². The number of nitro groups is 1. The first kappa shape index (κ1) is 19.5. The van der Waals surface area contributed by atoms with Crippen molar-refractivity contribution in [2.24, 2.45) is 5.92 Å². The second kappa shape index (κ2) is 8.65. The number of Topliss-reactive ketones (excluding diaryl/α,β-unsaturated/α-hetero) is 1. The van der Waals surface area contributed by atoms with Crippen LogP contribution in [0.4, 0.5) is 5.69 Å². The van der Waals surface area contributed by atoms with Crippen molar-refractivity contribution >= 4 is 17.4 Å². The fourth-order valence-electron chi connectivity index (χ4n) is 3.40. The fourth-order valence-corrected chi connectivity index (χ4v) is 3.40. The lowest BCUT2D eigenvalue weighted by Gasteiger charge is -2.31. The van der Waals surface area contributed by atoms with E-state index in [1.165, 1.54) is 12.1 Å². The number of piperidine rings is 1. The molecule has 0 aromatic heterocycles. The number of nitrogens with zero attached hydrogens (tertiary/aromatic N) is 2. The van der Waals surface area contributed by atoms with Gasteiger partial charge in [0.25, 0.3) is 5.69 Å². The molecule has 146 valence electrons. The van der Waals surface area contributed by atoms with Crippen LogP contribution < -0.4 is 4.74 Å². The molecule has 7 nitrogen and oxygen atoms in total. The number of hydrogen-bond donors (Lipinski definition) is 0. The summed E-state index contributed by atoms with van der Waals surface area (Å²) in [6.07, 6.45) is 1.48. The molecule has 7 heteroatoms. The second-order valence-corrected chi connectivity index (χ2v) is 6.85. The Labute approximate surface area is 163 Å². The van der Waals surface area contributed by atoms with Gasteiger partial charge in [-0.05, 0) is 42.7 Å². The molecule has 0 atom stereocenters. The van der Waals surface area contributed by atoms with Gasteiger partial charge < -0.3 is 9.64 Å². The molecule has 0 unspecified atom stereocenters. The summed E-state index contributed by atoms with van der Waals surface area (Å²) in [5.41, 5.74) is 1.41. The highest BCUT2D eigenvalue weighted by Gasteiger charge is 2.28. The number of non-ortho nitro benzene ring substituents is 1. The third kappa shape index (κ3) is 4.54. The Balaban J connectivity index is 1.53. The number of likely N-dealkylation sites (tertiary alicyclic amines) is 1. The summed E-state index contributed by atoms with van der Waals surface area (Å²) < 4.78 is 5.11. The van der Waals surface area contributed by atoms with Gasteiger partial charge in [0.05, 0.1) is 18.5 Å². The molecule has 2 aromatic rings. The van der Waals surface area contributed by atoms with Crippen LogP contribution in [0.3, 0.4) is 0 Å². The molecule has 1 saturated heterocycles. The monoisotopic (exact) mass is 382 g/mol. The molecule has 3 rings (SSSR count). The highest BCUT2D eigenvalue weighted by molar-refractivity contribution is 5.98. The van der Waals surface area contributed by atoms with Crippen LogP contribution in [0.15, 0.2) is 48.5 Å². The number of carbonyl (C=O) groups is 2. The van der Waals surface area contributed by atoms with Gasteiger partial charge in [0.2, 0.25) is 5.91 Å². The second-order valence-electron chi connectivity index (χ2n) is 6.85. The molecule has 1 fully saturated rings. The van der Waals surface area contributed by atoms with Crippen LogP contribution in [-0.2, 0) is 11.2 Å². The topological polar surface area (TPSA) is 89.8 Å². The van der Waals surface area contributed by atoms with E-state index in [4.69, 9.17) is 4.74 Å². The Hall–Kier alpha value is -3.22. The minimum atomic E-state index is -0.462. The first-order valence-corrected chi connectivity index (χ1v) is 9.17. The molecular formula is C21H22N2O5. The molecule has 0 aliphatic carbocycles. The lowest BCUT2D eigenvalue weighted by atomic mass is 9.88. The number of rotatable bonds is 6. The molecule has 0 radical (unpaired) electrons. The van der Waals surface area contributed by atoms with E-state index in [1.807, 2.05) is 0 Å². The van der Waals surface area contributed by atoms with E-state index in [9.17, 15) is 19.7 Å². The van der Waals surface area contributed by atoms with E-state index in [1.54, 1.807) is 48.4 Å². The van der Waals surface area contributed by atoms with E-state index < -0.39 is 4.92 Å². The molecule has 1 aliphatic rings. The molecule has 0 saturated carbocycles. The summed E-state index contributed by atoms with van der Waals surface area (Å²) in [6.45, 7) is 1.08. The van der Waals surface area contributed by atoms with E-state index in [0.717, 1.165) is 5.56 Å². The maximum absolute atomic E-state index is 12.7. The number of nitro benzene ring substituents is 1. The van der Waals surface area contributed by atoms with Gasteiger partial charge in [-0.3, -0.25) is 19.7 Å². The summed E-state index contributed by atoms with van der Waals surface area (Å²) in [4.78, 5) is 37.2. The standard InChI is InChI=1S/C21H22N2O5/c1-28-19-8-4-16(5-9-19)21(25)17-10-12-22(13-11-17)20(24)14-15-2-6-18(7-3-15)23(26)27/h2-9,17H,10-14H2,1H3. The number of amides is 1. The first-order chi connectivity index (χ1) is 13.5. The van der Waals surface area contributed by atoms with Crippen molar-refractivity contribution in [1.29, 1.82) is 0 Å². The van der Waals surface area contributed by atoms with Crippen molar-refractivity contribution in [3.05, 3.63) is 69.8 Å². The Morgan fingerprint density at radius 3 is 2.21 bits per heavy atom. The zero-order valence-corrected chi connectivity index (χ0v) is 15.7. The molecule has 1 heterocycles. The third-order valence-electron chi connectivity index (χ3n) is 5.10. The van der Waals surface area contributed by atoms with Crippen LogP contribution in [-0.4, -0.2) is 41.7 Å². The van der Waals surface area contributed by atoms with Crippen LogP contribution in [0.5, 0.6) is 5.75 Å². The first-order valence-electron chi connectivity index (χ1n) is 9.17. The molecule has 2 aromatic carbocycles. The predicted octanol–water partition coefficient (Wildman–Crippen LogP) is 3.27. The van der Waals surface area contributed by atoms with Crippen LogP contribution in [0.1, 0.15) is 28.8 Å². The van der Waals surface area contributed by atoms with E-state index in [-0.39, 0.29) is 29.7 Å². The van der Waals surface area contributed by atoms with Gasteiger partial charge in [0.1, 0.15) is 5.75 Å². The van der Waals surface area contributed by atoms with Crippen LogP contribution in [0.2, 0.25) is 0 Å². The SMILES string of the molecule is COc1ccc(C(=O)C2CCN(C(=O)Cc3ccc([N+](=O)[O-])cc3)CC2)cc1. The average Bonchev–Trinajstić information content (AvgIpc) is 2.73. The minimum Gasteiger partial charge on any atom is -0.497 e. The van der Waals surface area contributed by atoms with Gasteiger partial charge in [-0.1, -0.05) is 12.1 Å². The molecule has 1 aliphatic heterocycles. The van der Waals surface area contributed by atoms with Gasteiger partial charge in [-0.15, -0.1) is 0 Å². The van der Waals surface area contributed by atoms with Gasteiger partial charge in [-0.2, -0.15) is 0 Å². The van der Waals surface area contributed by atoms with Gasteiger partial charge in [0, 0.05) is 36.7 Å². The Morgan fingerprint density at radius 1 is 1.07 bits per heavy atom. The lowest BCUT2D eigenvalue weighted by Crippen LogP contribution is -2.41. The summed E-state index contributed by atoms with van der Waals surface area (Å²) in [6, 6.07) is 13.1. The molecule has 28 heavy (non-hydrogen) atoms. The third-order valence-corrected chi connectivity index (χ3v) is 5.10. The number of ketones is 1. The summed E-state index contributed by atoms with van der Waals surface area (Å²) >= 11 is 0. The van der Waals surface area contributed by atoms with Crippen molar-refractivity contribution in [3.63, 3.8) is 0 Å². The molecule has 0 bridgehead atoms. The Morgan fingerprint density at radius 2 is 1.68 bits per heavy atom. The zero-order valence-electron chi connectivity index (χ0n) is 15.7. The maximum atomic E-state index is 12.7. The van der Waals surface area contributed by atoms with E-state index >= 15 is 0 Å². The number of ether oxygens (including phenoxy) is 1. The smallest absolute Gasteiger partial charge is 0.269 e. The Kier molecular flexibility index (Phi) is 6.03. The van der Waals surface area contributed by atoms with Gasteiger partial charge in [0.15, 0.2) is 5.78 Å². The van der Waals surface area contributed by atoms with Crippen LogP contribution in [0, 0.1) is 16.0 Å². The van der Waals surface area contributed by atoms with Crippen molar-refractivity contribution in [2.45, 2.75) is 19.3 Å². The summed E-state index contributed by atoms with van der Waals surface area (Å²) in [5.74, 6) is 0.703. The van der Waals surface area contributed by atoms with E-state index in [2.05, 4.69) is 0 Å². The minimum absolute atomic E-state index is 0.00839. The average molecular weight is 382 g/mol. The number of hydrogen-bond acceptors (Lipinski definition) is 5. The number of methoxy groups -OCH3 is 1. The van der Waals surface area contributed by atoms with Crippen LogP contribution >= 0.6 is 0 Å². The molecule has 0 spiro atoms. The molecular weight excluding hydrogens is 360 g/mol. The van der Waals surface area contributed by atoms with E-state index in [0.29, 0.717) is 37.2 Å². The van der Waals surface area contributed by atoms with Crippen molar-refractivity contribution in [2.75, 3.05) is 20.2 Å². The summed E-state index contributed by atoms with van der Waals surface area (Å²) in [5, 5.41) is 10.7. The highest BCUT2D eigenvalue weighted by Crippen LogP contribution is 2.24. The zero-order chi connectivity index (χ0) is 20.1. The molecule has 0 N–H and O–H groups in total. The van der Waals surface area contributed by atoms with Crippen molar-refractivity contribution in [3.8, 4) is 5.75 Å². The highest BCUT2D eigenvalue weighted by atomic mass is 16.6. The molecule has 1 amide bonds. The number of carbonyl (C=O) groups excluding carboxylic acids is 2. The maximum Gasteiger partial charge on any atom is 0.269 e. The normalized spacial score (nSPS) is 14.5. The van der Waals surface area contributed by atoms with Gasteiger partial charge >= 0.3 is 0 Å². The quantitative estimate of drug-likeness (QED) is 0.434. The lowest BCUT2D eigenvalue weighted by molar-refractivity contribution is -0.384. The predicted molar refractivity (Wildman–Crippen MR) is 103 cm³/mol. The Bertz CT molecular complexity index is 853. The van der Waals surface area contributed by atoms with Gasteiger partial charge in [-0.25, -0.2) is 0 Å².